The number of piperazine rings is 1. The molecular formula is C20H14N8O6. The fraction of sp³-hybridized carbons (Fsp3) is 0.200. The Labute approximate surface area is 188 Å². The lowest BCUT2D eigenvalue weighted by molar-refractivity contribution is -0.383. The maximum Gasteiger partial charge on any atom is 0.349 e. The number of benzene rings is 2. The summed E-state index contributed by atoms with van der Waals surface area (Å²) in [5.41, 5.74) is 8.88. The van der Waals surface area contributed by atoms with Crippen molar-refractivity contribution in [2.75, 3.05) is 31.1 Å². The normalized spacial score (nSPS) is 13.8. The SMILES string of the molecule is [N-]=[N+]=Nc1ccc2cc(C(=O)N3CCN(c4ccc([N+](=O)[O-])c5nonc45)CC3)c(=O)oc2c1. The fourth-order valence-corrected chi connectivity index (χ4v) is 3.93. The molecule has 170 valence electrons. The van der Waals surface area contributed by atoms with Crippen molar-refractivity contribution in [2.24, 2.45) is 5.11 Å². The molecule has 14 heteroatoms. The third-order valence-corrected chi connectivity index (χ3v) is 5.59. The molecule has 0 atom stereocenters. The molecule has 0 radical (unpaired) electrons. The highest BCUT2D eigenvalue weighted by atomic mass is 16.6. The van der Waals surface area contributed by atoms with Crippen LogP contribution in [-0.4, -0.2) is 52.2 Å². The van der Waals surface area contributed by atoms with Crippen LogP contribution < -0.4 is 10.5 Å². The van der Waals surface area contributed by atoms with E-state index in [1.165, 1.54) is 23.1 Å². The lowest BCUT2D eigenvalue weighted by atomic mass is 10.1. The Balaban J connectivity index is 1.36. The number of hydrogen-bond acceptors (Lipinski definition) is 10. The van der Waals surface area contributed by atoms with Gasteiger partial charge in [-0.1, -0.05) is 17.2 Å². The molecule has 34 heavy (non-hydrogen) atoms. The number of carbonyl (C=O) groups excluding carboxylic acids is 1. The van der Waals surface area contributed by atoms with Crippen molar-refractivity contribution in [2.45, 2.75) is 0 Å². The molecule has 1 aliphatic rings. The van der Waals surface area contributed by atoms with Crippen molar-refractivity contribution in [3.05, 3.63) is 72.9 Å². The Kier molecular flexibility index (Phi) is 5.03. The molecule has 0 saturated carbocycles. The number of azide groups is 1. The topological polar surface area (TPSA) is 185 Å². The molecule has 1 fully saturated rings. The average molecular weight is 462 g/mol. The Morgan fingerprint density at radius 3 is 2.62 bits per heavy atom. The molecule has 4 aromatic rings. The van der Waals surface area contributed by atoms with E-state index in [4.69, 9.17) is 14.6 Å². The van der Waals surface area contributed by atoms with Gasteiger partial charge in [-0.05, 0) is 34.0 Å². The van der Waals surface area contributed by atoms with Crippen LogP contribution in [0.2, 0.25) is 0 Å². The minimum Gasteiger partial charge on any atom is -0.422 e. The van der Waals surface area contributed by atoms with Gasteiger partial charge in [0.2, 0.25) is 5.52 Å². The summed E-state index contributed by atoms with van der Waals surface area (Å²) in [5.74, 6) is -0.466. The quantitative estimate of drug-likeness (QED) is 0.110. The van der Waals surface area contributed by atoms with Gasteiger partial charge >= 0.3 is 11.3 Å². The average Bonchev–Trinajstić information content (AvgIpc) is 3.33. The van der Waals surface area contributed by atoms with Gasteiger partial charge in [0.15, 0.2) is 5.52 Å². The van der Waals surface area contributed by atoms with Gasteiger partial charge < -0.3 is 14.2 Å². The Hall–Kier alpha value is -4.97. The van der Waals surface area contributed by atoms with E-state index in [2.05, 4.69) is 20.3 Å². The molecule has 5 rings (SSSR count). The number of nitro groups is 1. The number of carbonyl (C=O) groups is 1. The molecule has 2 aromatic heterocycles. The predicted molar refractivity (Wildman–Crippen MR) is 118 cm³/mol. The second-order valence-electron chi connectivity index (χ2n) is 7.46. The number of aromatic nitrogens is 2. The molecule has 3 heterocycles. The van der Waals surface area contributed by atoms with Crippen molar-refractivity contribution >= 4 is 45.0 Å². The zero-order chi connectivity index (χ0) is 23.8. The molecule has 1 saturated heterocycles. The third kappa shape index (κ3) is 3.53. The van der Waals surface area contributed by atoms with Crippen LogP contribution in [0.4, 0.5) is 17.1 Å². The lowest BCUT2D eigenvalue weighted by Crippen LogP contribution is -2.49. The summed E-state index contributed by atoms with van der Waals surface area (Å²) in [7, 11) is 0. The number of amides is 1. The van der Waals surface area contributed by atoms with Crippen molar-refractivity contribution in [1.82, 2.24) is 15.2 Å². The summed E-state index contributed by atoms with van der Waals surface area (Å²) < 4.78 is 9.98. The Bertz CT molecular complexity index is 1560. The summed E-state index contributed by atoms with van der Waals surface area (Å²) in [4.78, 5) is 42.3. The highest BCUT2D eigenvalue weighted by Crippen LogP contribution is 2.31. The van der Waals surface area contributed by atoms with Crippen molar-refractivity contribution in [3.8, 4) is 0 Å². The second kappa shape index (κ2) is 8.18. The van der Waals surface area contributed by atoms with Gasteiger partial charge in [-0.25, -0.2) is 9.42 Å². The molecule has 0 spiro atoms. The molecule has 0 bridgehead atoms. The molecule has 14 nitrogen and oxygen atoms in total. The standard InChI is InChI=1S/C20H14N8O6/c21-25-22-12-2-1-11-9-13(20(30)33-16(11)10-12)19(29)27-7-5-26(6-8-27)14-3-4-15(28(31)32)18-17(14)23-34-24-18/h1-4,9-10H,5-8H2. The monoisotopic (exact) mass is 462 g/mol. The lowest BCUT2D eigenvalue weighted by Gasteiger charge is -2.35. The van der Waals surface area contributed by atoms with E-state index < -0.39 is 16.5 Å². The van der Waals surface area contributed by atoms with E-state index in [1.807, 2.05) is 4.90 Å². The van der Waals surface area contributed by atoms with Gasteiger partial charge in [0.25, 0.3) is 5.91 Å². The summed E-state index contributed by atoms with van der Waals surface area (Å²) >= 11 is 0. The minimum absolute atomic E-state index is 0.0541. The third-order valence-electron chi connectivity index (χ3n) is 5.59. The number of hydrogen-bond donors (Lipinski definition) is 0. The highest BCUT2D eigenvalue weighted by Gasteiger charge is 2.28. The first-order valence-corrected chi connectivity index (χ1v) is 10.0. The molecule has 0 N–H and O–H groups in total. The van der Waals surface area contributed by atoms with E-state index in [1.54, 1.807) is 18.2 Å². The van der Waals surface area contributed by atoms with Gasteiger partial charge in [-0.2, -0.15) is 0 Å². The van der Waals surface area contributed by atoms with Crippen molar-refractivity contribution in [1.29, 1.82) is 0 Å². The van der Waals surface area contributed by atoms with E-state index in [0.29, 0.717) is 37.3 Å². The van der Waals surface area contributed by atoms with Gasteiger partial charge in [0.1, 0.15) is 11.1 Å². The van der Waals surface area contributed by atoms with Crippen LogP contribution in [0.25, 0.3) is 32.4 Å². The van der Waals surface area contributed by atoms with Crippen molar-refractivity contribution < 1.29 is 18.8 Å². The molecule has 1 amide bonds. The Morgan fingerprint density at radius 1 is 1.12 bits per heavy atom. The molecule has 0 aliphatic carbocycles. The maximum absolute atomic E-state index is 13.0. The fourth-order valence-electron chi connectivity index (χ4n) is 3.93. The largest absolute Gasteiger partial charge is 0.422 e. The van der Waals surface area contributed by atoms with E-state index in [0.717, 1.165) is 0 Å². The van der Waals surface area contributed by atoms with Crippen LogP contribution in [0.3, 0.4) is 0 Å². The molecular weight excluding hydrogens is 448 g/mol. The summed E-state index contributed by atoms with van der Waals surface area (Å²) in [6.07, 6.45) is 0. The number of nitro benzene ring substituents is 1. The van der Waals surface area contributed by atoms with Gasteiger partial charge in [0, 0.05) is 48.2 Å². The first-order chi connectivity index (χ1) is 16.5. The van der Waals surface area contributed by atoms with Gasteiger partial charge in [-0.15, -0.1) is 0 Å². The zero-order valence-electron chi connectivity index (χ0n) is 17.3. The molecule has 1 aliphatic heterocycles. The maximum atomic E-state index is 13.0. The van der Waals surface area contributed by atoms with E-state index in [-0.39, 0.29) is 33.6 Å². The number of rotatable bonds is 4. The van der Waals surface area contributed by atoms with Gasteiger partial charge in [-0.3, -0.25) is 14.9 Å². The van der Waals surface area contributed by atoms with Crippen LogP contribution in [0.1, 0.15) is 10.4 Å². The van der Waals surface area contributed by atoms with Crippen LogP contribution in [0, 0.1) is 10.1 Å². The first-order valence-electron chi connectivity index (χ1n) is 10.0. The molecule has 0 unspecified atom stereocenters. The van der Waals surface area contributed by atoms with Crippen LogP contribution in [-0.2, 0) is 0 Å². The molecule has 2 aromatic carbocycles. The minimum atomic E-state index is -0.788. The smallest absolute Gasteiger partial charge is 0.349 e. The van der Waals surface area contributed by atoms with E-state index in [9.17, 15) is 19.7 Å². The first kappa shape index (κ1) is 20.9. The highest BCUT2D eigenvalue weighted by molar-refractivity contribution is 5.97. The number of fused-ring (bicyclic) bond motifs is 2. The second-order valence-corrected chi connectivity index (χ2v) is 7.46. The number of nitrogens with zero attached hydrogens (tertiary/aromatic N) is 8. The van der Waals surface area contributed by atoms with Gasteiger partial charge in [0.05, 0.1) is 10.6 Å². The number of non-ortho nitro benzene ring substituents is 1. The van der Waals surface area contributed by atoms with Crippen molar-refractivity contribution in [3.63, 3.8) is 0 Å². The summed E-state index contributed by atoms with van der Waals surface area (Å²) in [6, 6.07) is 8.95. The Morgan fingerprint density at radius 2 is 1.88 bits per heavy atom. The summed E-state index contributed by atoms with van der Waals surface area (Å²) in [6.45, 7) is 1.41. The van der Waals surface area contributed by atoms with E-state index >= 15 is 0 Å². The van der Waals surface area contributed by atoms with Crippen LogP contribution in [0.5, 0.6) is 0 Å². The predicted octanol–water partition coefficient (Wildman–Crippen LogP) is 3.14. The van der Waals surface area contributed by atoms with Crippen LogP contribution >= 0.6 is 0 Å². The summed E-state index contributed by atoms with van der Waals surface area (Å²) in [5, 5.41) is 22.6. The zero-order valence-corrected chi connectivity index (χ0v) is 17.3. The van der Waals surface area contributed by atoms with Crippen LogP contribution in [0.15, 0.2) is 55.4 Å². The number of anilines is 1.